The zero-order valence-electron chi connectivity index (χ0n) is 16.4. The van der Waals surface area contributed by atoms with Crippen molar-refractivity contribution >= 4 is 33.0 Å². The number of hydrogen-bond acceptors (Lipinski definition) is 6. The third-order valence-electron chi connectivity index (χ3n) is 4.19. The molecule has 0 saturated heterocycles. The summed E-state index contributed by atoms with van der Waals surface area (Å²) in [5.41, 5.74) is 0.452. The molecule has 0 aliphatic rings. The number of nitro benzene ring substituents is 1. The fraction of sp³-hybridized carbons (Fsp3) is 0.0952. The highest BCUT2D eigenvalue weighted by Crippen LogP contribution is 2.29. The van der Waals surface area contributed by atoms with E-state index in [1.165, 1.54) is 43.3 Å². The second-order valence-corrected chi connectivity index (χ2v) is 8.40. The van der Waals surface area contributed by atoms with Crippen molar-refractivity contribution in [1.82, 2.24) is 0 Å². The van der Waals surface area contributed by atoms with Gasteiger partial charge in [0, 0.05) is 23.5 Å². The van der Waals surface area contributed by atoms with E-state index in [1.54, 1.807) is 30.3 Å². The van der Waals surface area contributed by atoms with E-state index in [4.69, 9.17) is 4.74 Å². The maximum absolute atomic E-state index is 12.8. The molecule has 3 aromatic carbocycles. The lowest BCUT2D eigenvalue weighted by atomic mass is 10.1. The van der Waals surface area contributed by atoms with Gasteiger partial charge in [-0.05, 0) is 49.4 Å². The van der Waals surface area contributed by atoms with Crippen LogP contribution in [0.1, 0.15) is 17.3 Å². The lowest BCUT2D eigenvalue weighted by Gasteiger charge is -2.12. The zero-order valence-corrected chi connectivity index (χ0v) is 17.3. The first-order valence-electron chi connectivity index (χ1n) is 9.20. The minimum absolute atomic E-state index is 0.0196. The summed E-state index contributed by atoms with van der Waals surface area (Å²) < 4.78 is 31.4. The highest BCUT2D eigenvalue weighted by Gasteiger charge is 2.19. The number of carbonyl (C=O) groups excluding carboxylic acids is 1. The molecule has 0 atom stereocenters. The Bertz CT molecular complexity index is 1200. The smallest absolute Gasteiger partial charge is 0.270 e. The number of nitrogens with one attached hydrogen (secondary N) is 2. The SMILES string of the molecule is CCS(=O)(=O)Nc1ccc(NC(=O)c2cc([N+](=O)[O-])ccc2Oc2ccccc2)cc1. The molecule has 0 aliphatic carbocycles. The van der Waals surface area contributed by atoms with Crippen molar-refractivity contribution in [1.29, 1.82) is 0 Å². The molecule has 0 fully saturated rings. The first kappa shape index (κ1) is 21.8. The molecule has 3 rings (SSSR count). The number of anilines is 2. The third-order valence-corrected chi connectivity index (χ3v) is 5.49. The molecule has 10 heteroatoms. The maximum atomic E-state index is 12.8. The van der Waals surface area contributed by atoms with Crippen LogP contribution < -0.4 is 14.8 Å². The maximum Gasteiger partial charge on any atom is 0.270 e. The van der Waals surface area contributed by atoms with Gasteiger partial charge in [0.1, 0.15) is 11.5 Å². The molecule has 0 aromatic heterocycles. The van der Waals surface area contributed by atoms with Gasteiger partial charge in [-0.2, -0.15) is 0 Å². The number of amides is 1. The van der Waals surface area contributed by atoms with Crippen LogP contribution in [0.15, 0.2) is 72.8 Å². The van der Waals surface area contributed by atoms with Gasteiger partial charge in [0.05, 0.1) is 16.2 Å². The number of non-ortho nitro benzene ring substituents is 1. The van der Waals surface area contributed by atoms with Gasteiger partial charge in [-0.1, -0.05) is 18.2 Å². The Kier molecular flexibility index (Phi) is 6.51. The topological polar surface area (TPSA) is 128 Å². The molecule has 31 heavy (non-hydrogen) atoms. The predicted octanol–water partition coefficient (Wildman–Crippen LogP) is 4.40. The van der Waals surface area contributed by atoms with Crippen LogP contribution in [0, 0.1) is 10.1 Å². The number of sulfonamides is 1. The Labute approximate surface area is 178 Å². The number of para-hydroxylation sites is 1. The van der Waals surface area contributed by atoms with E-state index in [0.29, 0.717) is 17.1 Å². The summed E-state index contributed by atoms with van der Waals surface area (Å²) in [7, 11) is -3.42. The Morgan fingerprint density at radius 1 is 1.00 bits per heavy atom. The summed E-state index contributed by atoms with van der Waals surface area (Å²) in [4.78, 5) is 23.4. The Balaban J connectivity index is 1.84. The lowest BCUT2D eigenvalue weighted by molar-refractivity contribution is -0.384. The molecule has 3 aromatic rings. The number of ether oxygens (including phenoxy) is 1. The van der Waals surface area contributed by atoms with Gasteiger partial charge in [-0.25, -0.2) is 8.42 Å². The van der Waals surface area contributed by atoms with Crippen molar-refractivity contribution in [3.05, 3.63) is 88.5 Å². The quantitative estimate of drug-likeness (QED) is 0.394. The van der Waals surface area contributed by atoms with Crippen LogP contribution in [-0.2, 0) is 10.0 Å². The average Bonchev–Trinajstić information content (AvgIpc) is 2.75. The molecule has 0 radical (unpaired) electrons. The number of benzene rings is 3. The van der Waals surface area contributed by atoms with Crippen molar-refractivity contribution < 1.29 is 22.9 Å². The Morgan fingerprint density at radius 2 is 1.65 bits per heavy atom. The monoisotopic (exact) mass is 441 g/mol. The van der Waals surface area contributed by atoms with Crippen molar-refractivity contribution in [2.45, 2.75) is 6.92 Å². The highest BCUT2D eigenvalue weighted by atomic mass is 32.2. The first-order chi connectivity index (χ1) is 14.8. The van der Waals surface area contributed by atoms with Crippen molar-refractivity contribution in [2.75, 3.05) is 15.8 Å². The fourth-order valence-electron chi connectivity index (χ4n) is 2.59. The third kappa shape index (κ3) is 5.80. The van der Waals surface area contributed by atoms with E-state index in [-0.39, 0.29) is 22.8 Å². The molecule has 0 unspecified atom stereocenters. The molecular weight excluding hydrogens is 422 g/mol. The van der Waals surface area contributed by atoms with Crippen LogP contribution in [0.2, 0.25) is 0 Å². The molecule has 0 bridgehead atoms. The molecule has 9 nitrogen and oxygen atoms in total. The van der Waals surface area contributed by atoms with Crippen LogP contribution in [0.3, 0.4) is 0 Å². The summed E-state index contributed by atoms with van der Waals surface area (Å²) in [5.74, 6) is -0.0567. The fourth-order valence-corrected chi connectivity index (χ4v) is 3.22. The predicted molar refractivity (Wildman–Crippen MR) is 117 cm³/mol. The summed E-state index contributed by atoms with van der Waals surface area (Å²) in [6.07, 6.45) is 0. The largest absolute Gasteiger partial charge is 0.457 e. The normalized spacial score (nSPS) is 10.9. The average molecular weight is 441 g/mol. The van der Waals surface area contributed by atoms with Crippen LogP contribution in [-0.4, -0.2) is 25.0 Å². The standard InChI is InChI=1S/C21H19N3O6S/c1-2-31(28,29)23-16-10-8-15(9-11-16)22-21(25)19-14-17(24(26)27)12-13-20(19)30-18-6-4-3-5-7-18/h3-14,23H,2H2,1H3,(H,22,25). The van der Waals surface area contributed by atoms with Gasteiger partial charge in [0.25, 0.3) is 11.6 Å². The number of nitrogens with zero attached hydrogens (tertiary/aromatic N) is 1. The molecule has 160 valence electrons. The minimum Gasteiger partial charge on any atom is -0.457 e. The second-order valence-electron chi connectivity index (χ2n) is 6.39. The Hall–Kier alpha value is -3.92. The highest BCUT2D eigenvalue weighted by molar-refractivity contribution is 7.92. The first-order valence-corrected chi connectivity index (χ1v) is 10.9. The van der Waals surface area contributed by atoms with E-state index in [0.717, 1.165) is 6.07 Å². The van der Waals surface area contributed by atoms with Gasteiger partial charge in [0.15, 0.2) is 0 Å². The number of nitro groups is 1. The molecule has 0 aliphatic heterocycles. The second kappa shape index (κ2) is 9.26. The van der Waals surface area contributed by atoms with Gasteiger partial charge in [-0.3, -0.25) is 19.6 Å². The van der Waals surface area contributed by atoms with Gasteiger partial charge < -0.3 is 10.1 Å². The van der Waals surface area contributed by atoms with Gasteiger partial charge in [-0.15, -0.1) is 0 Å². The Morgan fingerprint density at radius 3 is 2.26 bits per heavy atom. The molecule has 0 saturated carbocycles. The molecular formula is C21H19N3O6S. The van der Waals surface area contributed by atoms with E-state index in [9.17, 15) is 23.3 Å². The van der Waals surface area contributed by atoms with Crippen molar-refractivity contribution in [3.8, 4) is 11.5 Å². The molecule has 0 heterocycles. The van der Waals surface area contributed by atoms with Crippen molar-refractivity contribution in [2.24, 2.45) is 0 Å². The molecule has 1 amide bonds. The molecule has 0 spiro atoms. The molecule has 2 N–H and O–H groups in total. The van der Waals surface area contributed by atoms with E-state index >= 15 is 0 Å². The van der Waals surface area contributed by atoms with Crippen LogP contribution in [0.25, 0.3) is 0 Å². The number of carbonyl (C=O) groups is 1. The minimum atomic E-state index is -3.42. The van der Waals surface area contributed by atoms with Crippen LogP contribution in [0.4, 0.5) is 17.1 Å². The summed E-state index contributed by atoms with van der Waals surface area (Å²) >= 11 is 0. The van der Waals surface area contributed by atoms with Crippen molar-refractivity contribution in [3.63, 3.8) is 0 Å². The summed E-state index contributed by atoms with van der Waals surface area (Å²) in [5, 5.41) is 13.8. The van der Waals surface area contributed by atoms with Gasteiger partial charge >= 0.3 is 0 Å². The number of rotatable bonds is 8. The van der Waals surface area contributed by atoms with E-state index in [2.05, 4.69) is 10.0 Å². The van der Waals surface area contributed by atoms with E-state index < -0.39 is 20.9 Å². The lowest BCUT2D eigenvalue weighted by Crippen LogP contribution is -2.15. The van der Waals surface area contributed by atoms with Gasteiger partial charge in [0.2, 0.25) is 10.0 Å². The zero-order chi connectivity index (χ0) is 22.4. The summed E-state index contributed by atoms with van der Waals surface area (Å²) in [6, 6.07) is 18.5. The summed E-state index contributed by atoms with van der Waals surface area (Å²) in [6.45, 7) is 1.52. The van der Waals surface area contributed by atoms with Crippen LogP contribution >= 0.6 is 0 Å². The van der Waals surface area contributed by atoms with Crippen LogP contribution in [0.5, 0.6) is 11.5 Å². The van der Waals surface area contributed by atoms with E-state index in [1.807, 2.05) is 0 Å². The number of hydrogen-bond donors (Lipinski definition) is 2.